The lowest BCUT2D eigenvalue weighted by Crippen LogP contribution is -2.07. The summed E-state index contributed by atoms with van der Waals surface area (Å²) in [4.78, 5) is 32.4. The molecule has 0 amide bonds. The van der Waals surface area contributed by atoms with Crippen molar-refractivity contribution in [2.24, 2.45) is 0 Å². The van der Waals surface area contributed by atoms with Crippen LogP contribution in [-0.2, 0) is 14.3 Å². The zero-order chi connectivity index (χ0) is 15.3. The second-order valence-electron chi connectivity index (χ2n) is 3.67. The highest BCUT2D eigenvalue weighted by molar-refractivity contribution is 6.30. The predicted octanol–water partition coefficient (Wildman–Crippen LogP) is 2.28. The number of rotatable bonds is 5. The van der Waals surface area contributed by atoms with Gasteiger partial charge in [-0.3, -0.25) is 19.7 Å². The van der Waals surface area contributed by atoms with Crippen LogP contribution in [0.4, 0.5) is 5.69 Å². The number of ether oxygens (including phenoxy) is 1. The van der Waals surface area contributed by atoms with Crippen LogP contribution in [0.3, 0.4) is 0 Å². The Balaban J connectivity index is 3.08. The first-order valence-corrected chi connectivity index (χ1v) is 5.67. The summed E-state index contributed by atoms with van der Waals surface area (Å²) in [5.74, 6) is -2.13. The van der Waals surface area contributed by atoms with Crippen molar-refractivity contribution in [3.63, 3.8) is 0 Å². The number of ketones is 1. The summed E-state index contributed by atoms with van der Waals surface area (Å²) >= 11 is 5.63. The van der Waals surface area contributed by atoms with Gasteiger partial charge in [0.15, 0.2) is 5.78 Å². The van der Waals surface area contributed by atoms with E-state index in [-0.39, 0.29) is 10.6 Å². The molecule has 8 heteroatoms. The number of hydrogen-bond acceptors (Lipinski definition) is 6. The molecule has 1 N–H and O–H groups in total. The topological polar surface area (TPSA) is 107 Å². The molecule has 20 heavy (non-hydrogen) atoms. The van der Waals surface area contributed by atoms with Crippen LogP contribution in [0.15, 0.2) is 24.3 Å². The van der Waals surface area contributed by atoms with Crippen molar-refractivity contribution in [2.45, 2.75) is 6.42 Å². The Labute approximate surface area is 118 Å². The molecule has 1 aromatic rings. The number of nitro groups is 1. The standard InChI is InChI=1S/C12H10ClNO6/c1-20-12(17)6-8(15)5-11(16)9-3-2-7(13)4-10(9)14(18)19/h2-5,16H,6H2,1H3/b11-5-. The van der Waals surface area contributed by atoms with Gasteiger partial charge in [-0.2, -0.15) is 0 Å². The first-order valence-electron chi connectivity index (χ1n) is 5.29. The Morgan fingerprint density at radius 1 is 1.50 bits per heavy atom. The number of esters is 1. The third-order valence-corrected chi connectivity index (χ3v) is 2.51. The quantitative estimate of drug-likeness (QED) is 0.223. The van der Waals surface area contributed by atoms with Crippen LogP contribution in [0, 0.1) is 10.1 Å². The summed E-state index contributed by atoms with van der Waals surface area (Å²) in [6, 6.07) is 3.59. The van der Waals surface area contributed by atoms with E-state index in [4.69, 9.17) is 11.6 Å². The fourth-order valence-electron chi connectivity index (χ4n) is 1.37. The highest BCUT2D eigenvalue weighted by atomic mass is 35.5. The van der Waals surface area contributed by atoms with E-state index in [0.29, 0.717) is 0 Å². The smallest absolute Gasteiger partial charge is 0.313 e. The van der Waals surface area contributed by atoms with E-state index in [1.807, 2.05) is 0 Å². The van der Waals surface area contributed by atoms with Gasteiger partial charge in [0, 0.05) is 17.2 Å². The predicted molar refractivity (Wildman–Crippen MR) is 70.4 cm³/mol. The van der Waals surface area contributed by atoms with Crippen molar-refractivity contribution in [1.29, 1.82) is 0 Å². The SMILES string of the molecule is COC(=O)CC(=O)/C=C(\O)c1ccc(Cl)cc1[N+](=O)[O-]. The maximum absolute atomic E-state index is 11.4. The van der Waals surface area contributed by atoms with Crippen molar-refractivity contribution in [3.8, 4) is 0 Å². The van der Waals surface area contributed by atoms with Crippen molar-refractivity contribution >= 4 is 34.8 Å². The fourth-order valence-corrected chi connectivity index (χ4v) is 1.53. The van der Waals surface area contributed by atoms with E-state index in [1.54, 1.807) is 0 Å². The molecule has 0 aliphatic carbocycles. The van der Waals surface area contributed by atoms with Crippen molar-refractivity contribution < 1.29 is 24.4 Å². The molecule has 1 aromatic carbocycles. The van der Waals surface area contributed by atoms with E-state index < -0.39 is 34.5 Å². The Bertz CT molecular complexity index is 596. The first-order chi connectivity index (χ1) is 9.35. The van der Waals surface area contributed by atoms with E-state index in [1.165, 1.54) is 12.1 Å². The van der Waals surface area contributed by atoms with Crippen molar-refractivity contribution in [3.05, 3.63) is 45.0 Å². The van der Waals surface area contributed by atoms with Gasteiger partial charge < -0.3 is 9.84 Å². The summed E-state index contributed by atoms with van der Waals surface area (Å²) in [6.45, 7) is 0. The maximum atomic E-state index is 11.4. The van der Waals surface area contributed by atoms with Gasteiger partial charge >= 0.3 is 5.97 Å². The molecule has 7 nitrogen and oxygen atoms in total. The summed E-state index contributed by atoms with van der Waals surface area (Å²) in [5.41, 5.74) is -0.616. The van der Waals surface area contributed by atoms with Gasteiger partial charge in [-0.1, -0.05) is 11.6 Å². The van der Waals surface area contributed by atoms with Crippen LogP contribution in [0.25, 0.3) is 5.76 Å². The zero-order valence-corrected chi connectivity index (χ0v) is 11.1. The lowest BCUT2D eigenvalue weighted by molar-refractivity contribution is -0.385. The highest BCUT2D eigenvalue weighted by Crippen LogP contribution is 2.27. The number of allylic oxidation sites excluding steroid dienone is 1. The molecule has 1 rings (SSSR count). The molecule has 0 aliphatic heterocycles. The second kappa shape index (κ2) is 6.67. The van der Waals surface area contributed by atoms with Crippen molar-refractivity contribution in [1.82, 2.24) is 0 Å². The van der Waals surface area contributed by atoms with Gasteiger partial charge in [0.25, 0.3) is 5.69 Å². The molecule has 0 unspecified atom stereocenters. The van der Waals surface area contributed by atoms with Gasteiger partial charge in [-0.25, -0.2) is 0 Å². The molecule has 106 valence electrons. The lowest BCUT2D eigenvalue weighted by atomic mass is 10.1. The number of nitrogens with zero attached hydrogens (tertiary/aromatic N) is 1. The molecular formula is C12H10ClNO6. The third-order valence-electron chi connectivity index (χ3n) is 2.28. The van der Waals surface area contributed by atoms with Crippen LogP contribution < -0.4 is 0 Å². The Hall–Kier alpha value is -2.41. The normalized spacial score (nSPS) is 11.0. The molecule has 0 aromatic heterocycles. The van der Waals surface area contributed by atoms with Gasteiger partial charge in [-0.05, 0) is 12.1 Å². The summed E-state index contributed by atoms with van der Waals surface area (Å²) in [7, 11) is 1.11. The fraction of sp³-hybridized carbons (Fsp3) is 0.167. The highest BCUT2D eigenvalue weighted by Gasteiger charge is 2.18. The molecule has 0 saturated carbocycles. The number of carbonyl (C=O) groups excluding carboxylic acids is 2. The summed E-state index contributed by atoms with van der Waals surface area (Å²) in [5, 5.41) is 20.7. The largest absolute Gasteiger partial charge is 0.507 e. The number of methoxy groups -OCH3 is 1. The van der Waals surface area contributed by atoms with Gasteiger partial charge in [-0.15, -0.1) is 0 Å². The molecule has 0 bridgehead atoms. The minimum Gasteiger partial charge on any atom is -0.507 e. The molecule has 0 fully saturated rings. The minimum absolute atomic E-state index is 0.120. The van der Waals surface area contributed by atoms with Crippen LogP contribution >= 0.6 is 11.6 Å². The molecule has 0 heterocycles. The Morgan fingerprint density at radius 3 is 2.70 bits per heavy atom. The monoisotopic (exact) mass is 299 g/mol. The number of benzene rings is 1. The molecule has 0 radical (unpaired) electrons. The van der Waals surface area contributed by atoms with Crippen molar-refractivity contribution in [2.75, 3.05) is 7.11 Å². The number of nitro benzene ring substituents is 1. The summed E-state index contributed by atoms with van der Waals surface area (Å²) in [6.07, 6.45) is 0.162. The average Bonchev–Trinajstić information content (AvgIpc) is 2.37. The number of halogens is 1. The van der Waals surface area contributed by atoms with Crippen LogP contribution in [0.5, 0.6) is 0 Å². The first kappa shape index (κ1) is 15.6. The molecular weight excluding hydrogens is 290 g/mol. The molecule has 0 spiro atoms. The number of aliphatic hydroxyl groups excluding tert-OH is 1. The number of carbonyl (C=O) groups is 2. The van der Waals surface area contributed by atoms with Gasteiger partial charge in [0.2, 0.25) is 0 Å². The lowest BCUT2D eigenvalue weighted by Gasteiger charge is -2.02. The van der Waals surface area contributed by atoms with Crippen LogP contribution in [-0.4, -0.2) is 28.9 Å². The van der Waals surface area contributed by atoms with E-state index in [2.05, 4.69) is 4.74 Å². The van der Waals surface area contributed by atoms with Gasteiger partial charge in [0.1, 0.15) is 12.2 Å². The number of hydrogen-bond donors (Lipinski definition) is 1. The van der Waals surface area contributed by atoms with E-state index in [0.717, 1.165) is 19.3 Å². The van der Waals surface area contributed by atoms with Crippen LogP contribution in [0.1, 0.15) is 12.0 Å². The zero-order valence-electron chi connectivity index (χ0n) is 10.3. The Morgan fingerprint density at radius 2 is 2.15 bits per heavy atom. The molecule has 0 aliphatic rings. The van der Waals surface area contributed by atoms with E-state index in [9.17, 15) is 24.8 Å². The molecule has 0 atom stereocenters. The maximum Gasteiger partial charge on any atom is 0.313 e. The number of aliphatic hydroxyl groups is 1. The van der Waals surface area contributed by atoms with E-state index >= 15 is 0 Å². The summed E-state index contributed by atoms with van der Waals surface area (Å²) < 4.78 is 4.29. The molecule has 0 saturated heterocycles. The average molecular weight is 300 g/mol. The van der Waals surface area contributed by atoms with Crippen LogP contribution in [0.2, 0.25) is 5.02 Å². The minimum atomic E-state index is -0.773. The Kier molecular flexibility index (Phi) is 5.22. The third kappa shape index (κ3) is 4.06. The second-order valence-corrected chi connectivity index (χ2v) is 4.10. The van der Waals surface area contributed by atoms with Gasteiger partial charge in [0.05, 0.1) is 17.6 Å².